The normalized spacial score (nSPS) is 8.59. The Morgan fingerprint density at radius 3 is 2.06 bits per heavy atom. The van der Waals surface area contributed by atoms with Crippen LogP contribution in [0.5, 0.6) is 11.5 Å². The molecule has 0 spiro atoms. The zero-order valence-electron chi connectivity index (χ0n) is 18.0. The molecule has 1 aromatic heterocycles. The first-order valence-electron chi connectivity index (χ1n) is 8.74. The van der Waals surface area contributed by atoms with Crippen molar-refractivity contribution < 1.29 is 19.4 Å². The third-order valence-electron chi connectivity index (χ3n) is 3.44. The van der Waals surface area contributed by atoms with Gasteiger partial charge in [-0.25, -0.2) is 9.97 Å². The van der Waals surface area contributed by atoms with Gasteiger partial charge in [-0.3, -0.25) is 10.2 Å². The summed E-state index contributed by atoms with van der Waals surface area (Å²) in [6.45, 7) is 1.08. The second kappa shape index (κ2) is 16.9. The molecule has 3 aromatic rings. The van der Waals surface area contributed by atoms with Crippen LogP contribution in [0.25, 0.3) is 10.9 Å². The summed E-state index contributed by atoms with van der Waals surface area (Å²) in [6, 6.07) is 9.12. The van der Waals surface area contributed by atoms with E-state index in [-0.39, 0.29) is 7.43 Å². The van der Waals surface area contributed by atoms with Crippen molar-refractivity contribution in [1.29, 1.82) is 10.7 Å². The quantitative estimate of drug-likeness (QED) is 0.161. The van der Waals surface area contributed by atoms with E-state index in [4.69, 9.17) is 41.5 Å². The fraction of sp³-hybridized carbons (Fsp3) is 0.190. The van der Waals surface area contributed by atoms with Gasteiger partial charge in [0, 0.05) is 15.9 Å². The van der Waals surface area contributed by atoms with Crippen LogP contribution in [0.3, 0.4) is 0 Å². The van der Waals surface area contributed by atoms with E-state index in [1.165, 1.54) is 13.4 Å². The minimum absolute atomic E-state index is 0. The van der Waals surface area contributed by atoms with E-state index < -0.39 is 5.97 Å². The zero-order valence-corrected chi connectivity index (χ0v) is 21.1. The number of methoxy groups -OCH3 is 2. The lowest BCUT2D eigenvalue weighted by Gasteiger charge is -2.06. The second-order valence-corrected chi connectivity index (χ2v) is 7.28. The van der Waals surface area contributed by atoms with Gasteiger partial charge in [-0.2, -0.15) is 5.26 Å². The fourth-order valence-electron chi connectivity index (χ4n) is 2.16. The first kappa shape index (κ1) is 32.5. The molecule has 8 N–H and O–H groups in total. The molecule has 13 heteroatoms. The van der Waals surface area contributed by atoms with Crippen LogP contribution in [0.15, 0.2) is 39.5 Å². The summed E-state index contributed by atoms with van der Waals surface area (Å²) in [5.41, 5.74) is 17.3. The number of aromatic nitrogens is 2. The minimum atomic E-state index is -0.833. The van der Waals surface area contributed by atoms with Crippen LogP contribution in [0.4, 0.5) is 11.5 Å². The Morgan fingerprint density at radius 1 is 1.12 bits per heavy atom. The highest BCUT2D eigenvalue weighted by Crippen LogP contribution is 2.32. The molecule has 0 radical (unpaired) electrons. The Labute approximate surface area is 214 Å². The Kier molecular flexibility index (Phi) is 16.2. The molecule has 2 aromatic carbocycles. The Balaban J connectivity index is 0. The zero-order chi connectivity index (χ0) is 25.6. The van der Waals surface area contributed by atoms with Gasteiger partial charge in [-0.05, 0) is 56.1 Å². The number of anilines is 2. The van der Waals surface area contributed by atoms with E-state index in [9.17, 15) is 0 Å². The number of nitrogens with zero attached hydrogens (tertiary/aromatic N) is 3. The average molecular weight is 601 g/mol. The summed E-state index contributed by atoms with van der Waals surface area (Å²) in [6.07, 6.45) is 2.17. The van der Waals surface area contributed by atoms with Crippen molar-refractivity contribution in [3.63, 3.8) is 0 Å². The largest absolute Gasteiger partial charge is 0.495 e. The third-order valence-corrected chi connectivity index (χ3v) is 4.76. The van der Waals surface area contributed by atoms with Crippen LogP contribution in [0.2, 0.25) is 0 Å². The van der Waals surface area contributed by atoms with Crippen LogP contribution in [0, 0.1) is 16.7 Å². The van der Waals surface area contributed by atoms with Crippen molar-refractivity contribution in [2.24, 2.45) is 5.73 Å². The predicted octanol–water partition coefficient (Wildman–Crippen LogP) is 4.17. The number of benzene rings is 2. The van der Waals surface area contributed by atoms with Gasteiger partial charge in [0.25, 0.3) is 5.97 Å². The minimum Gasteiger partial charge on any atom is -0.495 e. The monoisotopic (exact) mass is 599 g/mol. The number of ether oxygens (including phenoxy) is 2. The van der Waals surface area contributed by atoms with E-state index in [2.05, 4.69) is 47.6 Å². The maximum atomic E-state index is 9.00. The third kappa shape index (κ3) is 9.88. The Morgan fingerprint density at radius 2 is 1.59 bits per heavy atom. The summed E-state index contributed by atoms with van der Waals surface area (Å²) in [5, 5.41) is 22.8. The number of nitrogens with one attached hydrogen (secondary N) is 1. The van der Waals surface area contributed by atoms with Crippen molar-refractivity contribution in [2.45, 2.75) is 14.4 Å². The number of halogens is 2. The number of carboxylic acid groups (broad SMARTS) is 1. The molecule has 34 heavy (non-hydrogen) atoms. The van der Waals surface area contributed by atoms with Gasteiger partial charge in [0.15, 0.2) is 0 Å². The number of rotatable bonds is 2. The van der Waals surface area contributed by atoms with Crippen LogP contribution in [0.1, 0.15) is 19.9 Å². The van der Waals surface area contributed by atoms with Crippen molar-refractivity contribution in [2.75, 3.05) is 25.7 Å². The van der Waals surface area contributed by atoms with Crippen LogP contribution < -0.4 is 26.7 Å². The maximum absolute atomic E-state index is 9.00. The van der Waals surface area contributed by atoms with Crippen molar-refractivity contribution in [1.82, 2.24) is 9.97 Å². The number of nitrogens with two attached hydrogens (primary N) is 3. The molecule has 1 heterocycles. The van der Waals surface area contributed by atoms with E-state index in [0.717, 1.165) is 28.6 Å². The first-order valence-corrected chi connectivity index (χ1v) is 10.3. The number of hydrogen-bond donors (Lipinski definition) is 5. The summed E-state index contributed by atoms with van der Waals surface area (Å²) in [4.78, 5) is 17.1. The molecule has 0 aliphatic carbocycles. The highest BCUT2D eigenvalue weighted by molar-refractivity contribution is 9.11. The van der Waals surface area contributed by atoms with Crippen molar-refractivity contribution >= 4 is 66.6 Å². The van der Waals surface area contributed by atoms with Crippen LogP contribution in [-0.2, 0) is 4.79 Å². The number of carbonyl (C=O) groups is 1. The number of aliphatic carboxylic acids is 1. The summed E-state index contributed by atoms with van der Waals surface area (Å²) < 4.78 is 11.7. The average Bonchev–Trinajstić information content (AvgIpc) is 2.75. The standard InChI is InChI=1S/C9H8BrN3O.C8H7BrN2O.C2H4O2.CH4N2.CH4/c1-14-6-3-2-5(10)7-8(6)12-4-13-9(7)11;1-12-7-3-2-6(9)5(4-10)8(7)11;1-2(3)4;2-1-3;/h2-4H,1H3,(H2,11,12,13);2-3H,11H2,1H3;1H3,(H,3,4);1H,(H3,2,3);1H4. The van der Waals surface area contributed by atoms with E-state index in [0.29, 0.717) is 33.0 Å². The molecular formula is C21H27Br2N7O4. The van der Waals surface area contributed by atoms with Crippen LogP contribution >= 0.6 is 31.9 Å². The summed E-state index contributed by atoms with van der Waals surface area (Å²) in [5.74, 6) is 0.827. The van der Waals surface area contributed by atoms with Crippen molar-refractivity contribution in [3.05, 3.63) is 45.1 Å². The van der Waals surface area contributed by atoms with Crippen molar-refractivity contribution in [3.8, 4) is 17.6 Å². The molecule has 0 aliphatic rings. The molecule has 0 saturated heterocycles. The molecule has 0 amide bonds. The molecular weight excluding hydrogens is 574 g/mol. The van der Waals surface area contributed by atoms with Gasteiger partial charge in [0.1, 0.15) is 35.2 Å². The summed E-state index contributed by atoms with van der Waals surface area (Å²) in [7, 11) is 3.11. The van der Waals surface area contributed by atoms with Gasteiger partial charge in [-0.1, -0.05) is 7.43 Å². The van der Waals surface area contributed by atoms with Gasteiger partial charge >= 0.3 is 0 Å². The van der Waals surface area contributed by atoms with E-state index in [1.54, 1.807) is 19.2 Å². The van der Waals surface area contributed by atoms with Gasteiger partial charge in [0.2, 0.25) is 0 Å². The molecule has 184 valence electrons. The van der Waals surface area contributed by atoms with Gasteiger partial charge in [0.05, 0.1) is 37.2 Å². The number of fused-ring (bicyclic) bond motifs is 1. The SMILES string of the molecule is C.CC(=O)O.COc1ccc(Br)c(C#N)c1N.COc1ccc(Br)c2c(N)ncnc12.N=CN. The highest BCUT2D eigenvalue weighted by atomic mass is 79.9. The fourth-order valence-corrected chi connectivity index (χ4v) is 3.12. The smallest absolute Gasteiger partial charge is 0.300 e. The molecule has 0 fully saturated rings. The van der Waals surface area contributed by atoms with E-state index >= 15 is 0 Å². The lowest BCUT2D eigenvalue weighted by molar-refractivity contribution is -0.134. The molecule has 0 bridgehead atoms. The Bertz CT molecular complexity index is 1130. The van der Waals surface area contributed by atoms with E-state index in [1.807, 2.05) is 18.2 Å². The molecule has 0 saturated carbocycles. The Hall–Kier alpha value is -3.63. The number of hydrogen-bond acceptors (Lipinski definition) is 9. The first-order chi connectivity index (χ1) is 15.6. The van der Waals surface area contributed by atoms with Crippen LogP contribution in [-0.4, -0.2) is 41.6 Å². The number of carboxylic acids is 1. The molecule has 0 atom stereocenters. The molecule has 0 unspecified atom stereocenters. The lowest BCUT2D eigenvalue weighted by atomic mass is 10.2. The van der Waals surface area contributed by atoms with Gasteiger partial charge in [-0.15, -0.1) is 0 Å². The predicted molar refractivity (Wildman–Crippen MR) is 141 cm³/mol. The van der Waals surface area contributed by atoms with Gasteiger partial charge < -0.3 is 31.8 Å². The second-order valence-electron chi connectivity index (χ2n) is 5.57. The highest BCUT2D eigenvalue weighted by Gasteiger charge is 2.09. The molecule has 3 rings (SSSR count). The molecule has 11 nitrogen and oxygen atoms in total. The number of nitriles is 1. The maximum Gasteiger partial charge on any atom is 0.300 e. The molecule has 0 aliphatic heterocycles. The summed E-state index contributed by atoms with van der Waals surface area (Å²) >= 11 is 6.61. The number of nitrogen functional groups attached to an aromatic ring is 2. The lowest BCUT2D eigenvalue weighted by Crippen LogP contribution is -1.96. The topological polar surface area (TPSA) is 207 Å².